The van der Waals surface area contributed by atoms with Gasteiger partial charge < -0.3 is 4.74 Å². The smallest absolute Gasteiger partial charge is 0.311 e. The molecule has 1 N–H and O–H groups in total. The van der Waals surface area contributed by atoms with Crippen LogP contribution in [0.25, 0.3) is 0 Å². The quantitative estimate of drug-likeness (QED) is 0.425. The molecule has 0 heterocycles. The molecule has 0 aromatic carbocycles. The van der Waals surface area contributed by atoms with Crippen LogP contribution in [0.3, 0.4) is 0 Å². The van der Waals surface area contributed by atoms with Crippen molar-refractivity contribution in [2.45, 2.75) is 33.6 Å². The first-order chi connectivity index (χ1) is 8.01. The van der Waals surface area contributed by atoms with E-state index in [0.29, 0.717) is 12.3 Å². The minimum atomic E-state index is -0.491. The maximum atomic E-state index is 11.3. The lowest BCUT2D eigenvalue weighted by Gasteiger charge is -2.09. The van der Waals surface area contributed by atoms with E-state index in [9.17, 15) is 9.59 Å². The van der Waals surface area contributed by atoms with Crippen molar-refractivity contribution in [2.24, 2.45) is 11.0 Å². The van der Waals surface area contributed by atoms with E-state index in [1.54, 1.807) is 13.0 Å². The summed E-state index contributed by atoms with van der Waals surface area (Å²) in [6, 6.07) is 1.71. The van der Waals surface area contributed by atoms with Gasteiger partial charge in [0.05, 0.1) is 24.8 Å². The van der Waals surface area contributed by atoms with Gasteiger partial charge in [-0.3, -0.25) is 9.59 Å². The largest absolute Gasteiger partial charge is 0.466 e. The third kappa shape index (κ3) is 7.06. The van der Waals surface area contributed by atoms with E-state index >= 15 is 0 Å². The van der Waals surface area contributed by atoms with Crippen LogP contribution in [0.2, 0.25) is 0 Å². The van der Waals surface area contributed by atoms with Crippen LogP contribution in [0.1, 0.15) is 33.6 Å². The standard InChI is InChI=1S/C11H17N3O3/c1-4-17-11(16)7-9(8(2)3)13-14-10(15)5-6-12/h8H,4-5,7H2,1-3H3,(H,14,15)/b13-9+. The van der Waals surface area contributed by atoms with Crippen molar-refractivity contribution < 1.29 is 14.3 Å². The van der Waals surface area contributed by atoms with Gasteiger partial charge in [0, 0.05) is 0 Å². The number of nitrogens with zero attached hydrogens (tertiary/aromatic N) is 2. The number of carbonyl (C=O) groups is 2. The number of nitrogens with one attached hydrogen (secondary N) is 1. The van der Waals surface area contributed by atoms with Gasteiger partial charge in [-0.25, -0.2) is 5.43 Å². The number of nitriles is 1. The third-order valence-electron chi connectivity index (χ3n) is 1.86. The second kappa shape index (κ2) is 8.28. The number of esters is 1. The average molecular weight is 239 g/mol. The predicted molar refractivity (Wildman–Crippen MR) is 61.9 cm³/mol. The lowest BCUT2D eigenvalue weighted by atomic mass is 10.1. The van der Waals surface area contributed by atoms with Crippen LogP contribution in [0.4, 0.5) is 0 Å². The van der Waals surface area contributed by atoms with E-state index in [1.165, 1.54) is 0 Å². The van der Waals surface area contributed by atoms with E-state index in [0.717, 1.165) is 0 Å². The normalized spacial score (nSPS) is 10.9. The molecule has 6 nitrogen and oxygen atoms in total. The number of hydrazone groups is 1. The van der Waals surface area contributed by atoms with E-state index in [2.05, 4.69) is 10.5 Å². The van der Waals surface area contributed by atoms with E-state index in [-0.39, 0.29) is 24.7 Å². The Kier molecular flexibility index (Phi) is 7.35. The molecule has 94 valence electrons. The molecule has 0 fully saturated rings. The zero-order chi connectivity index (χ0) is 13.3. The van der Waals surface area contributed by atoms with Crippen molar-refractivity contribution in [1.29, 1.82) is 5.26 Å². The molecule has 0 atom stereocenters. The Hall–Kier alpha value is -1.90. The third-order valence-corrected chi connectivity index (χ3v) is 1.86. The maximum absolute atomic E-state index is 11.3. The summed E-state index contributed by atoms with van der Waals surface area (Å²) in [4.78, 5) is 22.3. The number of hydrogen-bond acceptors (Lipinski definition) is 5. The lowest BCUT2D eigenvalue weighted by molar-refractivity contribution is -0.141. The van der Waals surface area contributed by atoms with Gasteiger partial charge in [0.25, 0.3) is 5.91 Å². The second-order valence-corrected chi connectivity index (χ2v) is 3.61. The molecular formula is C11H17N3O3. The van der Waals surface area contributed by atoms with Crippen LogP contribution in [0.5, 0.6) is 0 Å². The Morgan fingerprint density at radius 2 is 2.12 bits per heavy atom. The SMILES string of the molecule is CCOC(=O)C/C(=N\NC(=O)CC#N)C(C)C. The van der Waals surface area contributed by atoms with E-state index in [4.69, 9.17) is 10.00 Å². The van der Waals surface area contributed by atoms with Gasteiger partial charge in [-0.15, -0.1) is 0 Å². The highest BCUT2D eigenvalue weighted by Gasteiger charge is 2.12. The number of carbonyl (C=O) groups excluding carboxylic acids is 2. The zero-order valence-corrected chi connectivity index (χ0v) is 10.3. The number of rotatable bonds is 6. The van der Waals surface area contributed by atoms with Crippen LogP contribution in [-0.2, 0) is 14.3 Å². The molecule has 0 aliphatic rings. The summed E-state index contributed by atoms with van der Waals surface area (Å²) < 4.78 is 4.79. The minimum Gasteiger partial charge on any atom is -0.466 e. The van der Waals surface area contributed by atoms with Gasteiger partial charge in [0.1, 0.15) is 6.42 Å². The van der Waals surface area contributed by atoms with Gasteiger partial charge in [0.15, 0.2) is 0 Å². The highest BCUT2D eigenvalue weighted by molar-refractivity contribution is 6.00. The highest BCUT2D eigenvalue weighted by Crippen LogP contribution is 2.02. The van der Waals surface area contributed by atoms with E-state index in [1.807, 2.05) is 13.8 Å². The van der Waals surface area contributed by atoms with Gasteiger partial charge in [-0.05, 0) is 12.8 Å². The predicted octanol–water partition coefficient (Wildman–Crippen LogP) is 0.981. The Labute approximate surface area is 101 Å². The van der Waals surface area contributed by atoms with Crippen molar-refractivity contribution in [1.82, 2.24) is 5.43 Å². The van der Waals surface area contributed by atoms with Gasteiger partial charge in [0.2, 0.25) is 0 Å². The molecule has 6 heteroatoms. The molecule has 0 aliphatic carbocycles. The van der Waals surface area contributed by atoms with Crippen LogP contribution in [-0.4, -0.2) is 24.2 Å². The first kappa shape index (κ1) is 15.1. The summed E-state index contributed by atoms with van der Waals surface area (Å²) in [6.45, 7) is 5.74. The summed E-state index contributed by atoms with van der Waals surface area (Å²) >= 11 is 0. The summed E-state index contributed by atoms with van der Waals surface area (Å²) in [5, 5.41) is 12.1. The van der Waals surface area contributed by atoms with Gasteiger partial charge >= 0.3 is 5.97 Å². The molecule has 17 heavy (non-hydrogen) atoms. The molecule has 1 amide bonds. The molecule has 0 spiro atoms. The van der Waals surface area contributed by atoms with Crippen molar-refractivity contribution >= 4 is 17.6 Å². The van der Waals surface area contributed by atoms with Crippen LogP contribution in [0, 0.1) is 17.2 Å². The Bertz CT molecular complexity index is 342. The van der Waals surface area contributed by atoms with Crippen LogP contribution >= 0.6 is 0 Å². The number of hydrogen-bond donors (Lipinski definition) is 1. The maximum Gasteiger partial charge on any atom is 0.311 e. The molecule has 0 radical (unpaired) electrons. The van der Waals surface area contributed by atoms with Gasteiger partial charge in [-0.2, -0.15) is 10.4 Å². The Morgan fingerprint density at radius 3 is 2.59 bits per heavy atom. The molecule has 0 unspecified atom stereocenters. The topological polar surface area (TPSA) is 91.5 Å². The fraction of sp³-hybridized carbons (Fsp3) is 0.636. The monoisotopic (exact) mass is 239 g/mol. The van der Waals surface area contributed by atoms with Crippen molar-refractivity contribution in [3.63, 3.8) is 0 Å². The van der Waals surface area contributed by atoms with E-state index < -0.39 is 5.91 Å². The minimum absolute atomic E-state index is 0.0155. The lowest BCUT2D eigenvalue weighted by Crippen LogP contribution is -2.23. The first-order valence-electron chi connectivity index (χ1n) is 5.39. The molecule has 0 bridgehead atoms. The fourth-order valence-corrected chi connectivity index (χ4v) is 0.978. The van der Waals surface area contributed by atoms with Crippen molar-refractivity contribution in [3.8, 4) is 6.07 Å². The van der Waals surface area contributed by atoms with Gasteiger partial charge in [-0.1, -0.05) is 13.8 Å². The molecule has 0 saturated carbocycles. The molecule has 0 rings (SSSR count). The van der Waals surface area contributed by atoms with Crippen molar-refractivity contribution in [3.05, 3.63) is 0 Å². The average Bonchev–Trinajstić information content (AvgIpc) is 2.24. The number of amides is 1. The summed E-state index contributed by atoms with van der Waals surface area (Å²) in [6.07, 6.45) is -0.216. The zero-order valence-electron chi connectivity index (χ0n) is 10.3. The summed E-state index contributed by atoms with van der Waals surface area (Å²) in [7, 11) is 0. The number of ether oxygens (including phenoxy) is 1. The van der Waals surface area contributed by atoms with Crippen LogP contribution < -0.4 is 5.43 Å². The van der Waals surface area contributed by atoms with Crippen molar-refractivity contribution in [2.75, 3.05) is 6.61 Å². The highest BCUT2D eigenvalue weighted by atomic mass is 16.5. The Morgan fingerprint density at radius 1 is 1.47 bits per heavy atom. The molecular weight excluding hydrogens is 222 g/mol. The Balaban J connectivity index is 4.42. The van der Waals surface area contributed by atoms with Crippen LogP contribution in [0.15, 0.2) is 5.10 Å². The summed E-state index contributed by atoms with van der Waals surface area (Å²) in [5.74, 6) is -0.856. The molecule has 0 saturated heterocycles. The molecule has 0 aromatic heterocycles. The molecule has 0 aliphatic heterocycles. The fourth-order valence-electron chi connectivity index (χ4n) is 0.978. The first-order valence-corrected chi connectivity index (χ1v) is 5.39. The molecule has 0 aromatic rings. The summed E-state index contributed by atoms with van der Waals surface area (Å²) in [5.41, 5.74) is 2.75. The second-order valence-electron chi connectivity index (χ2n) is 3.61.